The molecule has 1 aliphatic heterocycles. The van der Waals surface area contributed by atoms with Crippen LogP contribution in [0.25, 0.3) is 0 Å². The fourth-order valence-electron chi connectivity index (χ4n) is 1.36. The van der Waals surface area contributed by atoms with E-state index < -0.39 is 50.0 Å². The third-order valence-electron chi connectivity index (χ3n) is 2.61. The Labute approximate surface area is 84.7 Å². The smallest absolute Gasteiger partial charge is 0.173 e. The van der Waals surface area contributed by atoms with Crippen LogP contribution in [0.2, 0.25) is 0 Å². The van der Waals surface area contributed by atoms with Crippen molar-refractivity contribution in [3.63, 3.8) is 0 Å². The minimum Gasteiger partial charge on any atom is -0.394 e. The third kappa shape index (κ3) is 1.44. The number of aliphatic hydroxyl groups excluding tert-OH is 2. The standard InChI is InChI=1S/C8H17NO5/c1-7(12)4(3-10)14-6(11)5(9)8(7,2)13/h4-6,10-13H,3,9H2,1-2H3/t4-,5+,6?,7+,8-/m1/s1/i1D,2D. The zero-order chi connectivity index (χ0) is 12.6. The van der Waals surface area contributed by atoms with Gasteiger partial charge >= 0.3 is 0 Å². The molecule has 0 aliphatic carbocycles. The van der Waals surface area contributed by atoms with Gasteiger partial charge < -0.3 is 30.9 Å². The highest BCUT2D eigenvalue weighted by Gasteiger charge is 2.58. The number of nitrogens with two attached hydrogens (primary N) is 1. The summed E-state index contributed by atoms with van der Waals surface area (Å²) in [5.41, 5.74) is 1.09. The van der Waals surface area contributed by atoms with E-state index in [-0.39, 0.29) is 0 Å². The number of rotatable bonds is 1. The van der Waals surface area contributed by atoms with E-state index in [0.29, 0.717) is 0 Å². The van der Waals surface area contributed by atoms with Gasteiger partial charge in [-0.05, 0) is 13.8 Å². The van der Waals surface area contributed by atoms with Gasteiger partial charge in [-0.25, -0.2) is 0 Å². The van der Waals surface area contributed by atoms with Crippen LogP contribution in [0.4, 0.5) is 0 Å². The first-order chi connectivity index (χ1) is 7.37. The van der Waals surface area contributed by atoms with E-state index in [4.69, 9.17) is 18.3 Å². The lowest BCUT2D eigenvalue weighted by atomic mass is 9.74. The molecule has 6 nitrogen and oxygen atoms in total. The van der Waals surface area contributed by atoms with Gasteiger partial charge in [0.25, 0.3) is 0 Å². The normalized spacial score (nSPS) is 56.5. The lowest BCUT2D eigenvalue weighted by Crippen LogP contribution is -2.74. The van der Waals surface area contributed by atoms with Gasteiger partial charge in [0.1, 0.15) is 17.3 Å². The molecule has 0 amide bonds. The summed E-state index contributed by atoms with van der Waals surface area (Å²) in [5.74, 6) is 0. The zero-order valence-electron chi connectivity index (χ0n) is 9.63. The van der Waals surface area contributed by atoms with Crippen LogP contribution in [0.5, 0.6) is 0 Å². The van der Waals surface area contributed by atoms with Crippen LogP contribution in [0.3, 0.4) is 0 Å². The Hall–Kier alpha value is -0.240. The van der Waals surface area contributed by atoms with Gasteiger partial charge in [0.05, 0.1) is 12.6 Å². The Morgan fingerprint density at radius 1 is 1.43 bits per heavy atom. The molecule has 6 heteroatoms. The summed E-state index contributed by atoms with van der Waals surface area (Å²) < 4.78 is 19.3. The molecular formula is C8H17NO5. The van der Waals surface area contributed by atoms with E-state index in [1.165, 1.54) is 0 Å². The molecule has 6 N–H and O–H groups in total. The van der Waals surface area contributed by atoms with Gasteiger partial charge in [-0.3, -0.25) is 0 Å². The monoisotopic (exact) mass is 209 g/mol. The maximum Gasteiger partial charge on any atom is 0.173 e. The van der Waals surface area contributed by atoms with Crippen LogP contribution < -0.4 is 5.73 Å². The Morgan fingerprint density at radius 3 is 2.43 bits per heavy atom. The van der Waals surface area contributed by atoms with Crippen LogP contribution in [0.1, 0.15) is 16.5 Å². The molecule has 0 spiro atoms. The van der Waals surface area contributed by atoms with Crippen molar-refractivity contribution in [2.45, 2.75) is 43.4 Å². The van der Waals surface area contributed by atoms with E-state index in [0.717, 1.165) is 0 Å². The van der Waals surface area contributed by atoms with E-state index in [1.807, 2.05) is 0 Å². The van der Waals surface area contributed by atoms with Crippen LogP contribution >= 0.6 is 0 Å². The largest absolute Gasteiger partial charge is 0.394 e. The second-order valence-electron chi connectivity index (χ2n) is 3.57. The SMILES string of the molecule is [2H]C[C@@]1(O)[C@@H](N)C(O)O[C@H](CO)[C@@]1(O)C[2H]. The number of hydrogen-bond donors (Lipinski definition) is 5. The first-order valence-electron chi connectivity index (χ1n) is 5.52. The fraction of sp³-hybridized carbons (Fsp3) is 1.00. The molecule has 84 valence electrons. The third-order valence-corrected chi connectivity index (χ3v) is 2.61. The second-order valence-corrected chi connectivity index (χ2v) is 3.57. The number of hydrogen-bond acceptors (Lipinski definition) is 6. The predicted molar refractivity (Wildman–Crippen MR) is 47.2 cm³/mol. The van der Waals surface area contributed by atoms with Gasteiger partial charge in [-0.15, -0.1) is 0 Å². The van der Waals surface area contributed by atoms with Crippen LogP contribution in [0, 0.1) is 0 Å². The summed E-state index contributed by atoms with van der Waals surface area (Å²) in [6, 6.07) is -1.41. The molecule has 0 aromatic carbocycles. The lowest BCUT2D eigenvalue weighted by Gasteiger charge is -2.51. The minimum atomic E-state index is -2.19. The average molecular weight is 209 g/mol. The van der Waals surface area contributed by atoms with Gasteiger partial charge in [0, 0.05) is 2.74 Å². The van der Waals surface area contributed by atoms with Crippen molar-refractivity contribution in [1.82, 2.24) is 0 Å². The molecule has 0 bridgehead atoms. The quantitative estimate of drug-likeness (QED) is 0.327. The first-order valence-corrected chi connectivity index (χ1v) is 4.10. The van der Waals surface area contributed by atoms with Gasteiger partial charge in [0.2, 0.25) is 0 Å². The summed E-state index contributed by atoms with van der Waals surface area (Å²) in [6.07, 6.45) is -2.95. The van der Waals surface area contributed by atoms with Crippen molar-refractivity contribution in [1.29, 1.82) is 0 Å². The van der Waals surface area contributed by atoms with Crippen LogP contribution in [-0.2, 0) is 4.74 Å². The highest BCUT2D eigenvalue weighted by atomic mass is 16.6. The average Bonchev–Trinajstić information content (AvgIpc) is 2.30. The summed E-state index contributed by atoms with van der Waals surface area (Å²) in [5, 5.41) is 38.6. The molecule has 0 aromatic rings. The van der Waals surface area contributed by atoms with Gasteiger partial charge in [-0.1, -0.05) is 0 Å². The van der Waals surface area contributed by atoms with E-state index in [2.05, 4.69) is 0 Å². The molecule has 1 heterocycles. The van der Waals surface area contributed by atoms with E-state index in [9.17, 15) is 15.3 Å². The molecule has 0 radical (unpaired) electrons. The predicted octanol–water partition coefficient (Wildman–Crippen LogP) is -2.47. The molecule has 1 rings (SSSR count). The Kier molecular flexibility index (Phi) is 2.19. The molecule has 1 saturated heterocycles. The number of aliphatic hydroxyl groups is 4. The van der Waals surface area contributed by atoms with E-state index >= 15 is 0 Å². The van der Waals surface area contributed by atoms with Gasteiger partial charge in [-0.2, -0.15) is 0 Å². The Morgan fingerprint density at radius 2 is 2.00 bits per heavy atom. The molecular weight excluding hydrogens is 190 g/mol. The van der Waals surface area contributed by atoms with Gasteiger partial charge in [0.15, 0.2) is 6.29 Å². The van der Waals surface area contributed by atoms with Crippen molar-refractivity contribution in [2.75, 3.05) is 6.61 Å². The molecule has 1 unspecified atom stereocenters. The molecule has 14 heavy (non-hydrogen) atoms. The molecule has 5 atom stereocenters. The van der Waals surface area contributed by atoms with Crippen molar-refractivity contribution >= 4 is 0 Å². The molecule has 1 aliphatic rings. The lowest BCUT2D eigenvalue weighted by molar-refractivity contribution is -0.314. The summed E-state index contributed by atoms with van der Waals surface area (Å²) in [7, 11) is 0. The maximum atomic E-state index is 10.1. The van der Waals surface area contributed by atoms with Crippen molar-refractivity contribution < 1.29 is 27.9 Å². The Balaban J connectivity index is 3.16. The van der Waals surface area contributed by atoms with Crippen molar-refractivity contribution in [2.24, 2.45) is 5.73 Å². The highest BCUT2D eigenvalue weighted by Crippen LogP contribution is 2.35. The Bertz CT molecular complexity index is 251. The maximum absolute atomic E-state index is 10.1. The summed E-state index contributed by atoms with van der Waals surface area (Å²) in [4.78, 5) is 0. The zero-order valence-corrected chi connectivity index (χ0v) is 7.63. The second kappa shape index (κ2) is 3.41. The molecule has 0 saturated carbocycles. The molecule has 0 aromatic heterocycles. The number of ether oxygens (including phenoxy) is 1. The minimum absolute atomic E-state index is 0.693. The molecule has 1 fully saturated rings. The van der Waals surface area contributed by atoms with Crippen LogP contribution in [0.15, 0.2) is 0 Å². The fourth-order valence-corrected chi connectivity index (χ4v) is 1.36. The topological polar surface area (TPSA) is 116 Å². The summed E-state index contributed by atoms with van der Waals surface area (Å²) in [6.45, 7) is -2.10. The van der Waals surface area contributed by atoms with E-state index in [1.54, 1.807) is 0 Å². The van der Waals surface area contributed by atoms with Crippen LogP contribution in [-0.4, -0.2) is 56.7 Å². The highest BCUT2D eigenvalue weighted by molar-refractivity contribution is 5.08. The van der Waals surface area contributed by atoms with Crippen molar-refractivity contribution in [3.05, 3.63) is 0 Å². The van der Waals surface area contributed by atoms with Crippen molar-refractivity contribution in [3.8, 4) is 0 Å². The first kappa shape index (κ1) is 9.02. The summed E-state index contributed by atoms with van der Waals surface area (Å²) >= 11 is 0.